The summed E-state index contributed by atoms with van der Waals surface area (Å²) in [6.45, 7) is 8.57. The molecule has 1 aromatic carbocycles. The van der Waals surface area contributed by atoms with Gasteiger partial charge in [-0.1, -0.05) is 6.07 Å². The number of benzene rings is 1. The Morgan fingerprint density at radius 2 is 1.79 bits per heavy atom. The van der Waals surface area contributed by atoms with Crippen LogP contribution in [-0.2, 0) is 0 Å². The predicted molar refractivity (Wildman–Crippen MR) is 63.7 cm³/mol. The van der Waals surface area contributed by atoms with Crippen molar-refractivity contribution in [2.75, 3.05) is 17.7 Å². The molecule has 0 heterocycles. The molecular formula is C12H20N2. The van der Waals surface area contributed by atoms with Gasteiger partial charge in [-0.3, -0.25) is 0 Å². The monoisotopic (exact) mass is 192 g/mol. The number of nitrogens with zero attached hydrogens (tertiary/aromatic N) is 1. The standard InChI is InChI=1S/C12H20N2/c1-9-6-7-11(10(13)8-9)14(5)12(2,3)4/h6-8H,13H2,1-5H3. The molecule has 0 aliphatic heterocycles. The molecule has 78 valence electrons. The molecule has 2 N–H and O–H groups in total. The van der Waals surface area contributed by atoms with E-state index in [0.717, 1.165) is 11.4 Å². The van der Waals surface area contributed by atoms with Gasteiger partial charge in [-0.25, -0.2) is 0 Å². The lowest BCUT2D eigenvalue weighted by Gasteiger charge is -2.35. The van der Waals surface area contributed by atoms with Gasteiger partial charge in [-0.2, -0.15) is 0 Å². The van der Waals surface area contributed by atoms with Gasteiger partial charge < -0.3 is 10.6 Å². The van der Waals surface area contributed by atoms with Crippen molar-refractivity contribution in [2.24, 2.45) is 0 Å². The molecule has 0 unspecified atom stereocenters. The second-order valence-corrected chi connectivity index (χ2v) is 4.79. The number of rotatable bonds is 1. The maximum atomic E-state index is 5.98. The van der Waals surface area contributed by atoms with E-state index in [1.54, 1.807) is 0 Å². The number of anilines is 2. The average Bonchev–Trinajstić information content (AvgIpc) is 2.01. The summed E-state index contributed by atoms with van der Waals surface area (Å²) in [4.78, 5) is 2.20. The smallest absolute Gasteiger partial charge is 0.0601 e. The molecule has 0 saturated carbocycles. The molecule has 0 bridgehead atoms. The largest absolute Gasteiger partial charge is 0.397 e. The van der Waals surface area contributed by atoms with Crippen LogP contribution in [0, 0.1) is 6.92 Å². The first-order chi connectivity index (χ1) is 6.32. The molecule has 0 amide bonds. The minimum atomic E-state index is 0.101. The van der Waals surface area contributed by atoms with Gasteiger partial charge >= 0.3 is 0 Å². The number of nitrogens with two attached hydrogens (primary N) is 1. The van der Waals surface area contributed by atoms with Gasteiger partial charge in [0.25, 0.3) is 0 Å². The fourth-order valence-electron chi connectivity index (χ4n) is 1.34. The van der Waals surface area contributed by atoms with E-state index in [4.69, 9.17) is 5.73 Å². The Bertz CT molecular complexity index is 324. The molecule has 2 heteroatoms. The molecule has 1 aromatic rings. The summed E-state index contributed by atoms with van der Waals surface area (Å²) in [6, 6.07) is 6.18. The number of nitrogen functional groups attached to an aromatic ring is 1. The zero-order valence-electron chi connectivity index (χ0n) is 9.76. The van der Waals surface area contributed by atoms with E-state index < -0.39 is 0 Å². The van der Waals surface area contributed by atoms with Crippen LogP contribution in [0.3, 0.4) is 0 Å². The van der Waals surface area contributed by atoms with Crippen molar-refractivity contribution >= 4 is 11.4 Å². The highest BCUT2D eigenvalue weighted by Crippen LogP contribution is 2.28. The molecule has 0 radical (unpaired) electrons. The Labute approximate surface area is 86.7 Å². The van der Waals surface area contributed by atoms with Gasteiger partial charge in [0.1, 0.15) is 0 Å². The van der Waals surface area contributed by atoms with Gasteiger partial charge in [-0.05, 0) is 45.4 Å². The Balaban J connectivity index is 3.08. The van der Waals surface area contributed by atoms with Crippen LogP contribution in [0.25, 0.3) is 0 Å². The lowest BCUT2D eigenvalue weighted by Crippen LogP contribution is -2.38. The third-order valence-corrected chi connectivity index (χ3v) is 2.55. The molecule has 0 atom stereocenters. The van der Waals surface area contributed by atoms with Crippen molar-refractivity contribution < 1.29 is 0 Å². The van der Waals surface area contributed by atoms with Gasteiger partial charge in [0.15, 0.2) is 0 Å². The van der Waals surface area contributed by atoms with E-state index >= 15 is 0 Å². The van der Waals surface area contributed by atoms with E-state index in [-0.39, 0.29) is 5.54 Å². The van der Waals surface area contributed by atoms with E-state index in [2.05, 4.69) is 51.8 Å². The Hall–Kier alpha value is -1.18. The van der Waals surface area contributed by atoms with Gasteiger partial charge in [0, 0.05) is 12.6 Å². The van der Waals surface area contributed by atoms with Crippen LogP contribution < -0.4 is 10.6 Å². The van der Waals surface area contributed by atoms with Crippen LogP contribution in [-0.4, -0.2) is 12.6 Å². The Morgan fingerprint density at radius 1 is 1.21 bits per heavy atom. The maximum absolute atomic E-state index is 5.98. The third kappa shape index (κ3) is 2.19. The topological polar surface area (TPSA) is 29.3 Å². The quantitative estimate of drug-likeness (QED) is 0.693. The summed E-state index contributed by atoms with van der Waals surface area (Å²) in [6.07, 6.45) is 0. The Morgan fingerprint density at radius 3 is 2.21 bits per heavy atom. The molecule has 0 saturated heterocycles. The van der Waals surface area contributed by atoms with Crippen LogP contribution in [0.2, 0.25) is 0 Å². The van der Waals surface area contributed by atoms with Gasteiger partial charge in [-0.15, -0.1) is 0 Å². The van der Waals surface area contributed by atoms with E-state index in [9.17, 15) is 0 Å². The van der Waals surface area contributed by atoms with Crippen molar-refractivity contribution in [3.05, 3.63) is 23.8 Å². The summed E-state index contributed by atoms with van der Waals surface area (Å²) in [5.74, 6) is 0. The average molecular weight is 192 g/mol. The SMILES string of the molecule is Cc1ccc(N(C)C(C)(C)C)c(N)c1. The van der Waals surface area contributed by atoms with Crippen molar-refractivity contribution in [2.45, 2.75) is 33.2 Å². The Kier molecular flexibility index (Phi) is 2.74. The van der Waals surface area contributed by atoms with E-state index in [1.165, 1.54) is 5.56 Å². The third-order valence-electron chi connectivity index (χ3n) is 2.55. The first-order valence-electron chi connectivity index (χ1n) is 4.92. The molecule has 0 fully saturated rings. The lowest BCUT2D eigenvalue weighted by atomic mass is 10.0. The highest BCUT2D eigenvalue weighted by Gasteiger charge is 2.18. The normalized spacial score (nSPS) is 11.5. The zero-order valence-corrected chi connectivity index (χ0v) is 9.76. The molecule has 14 heavy (non-hydrogen) atoms. The second kappa shape index (κ2) is 3.52. The van der Waals surface area contributed by atoms with Gasteiger partial charge in [0.05, 0.1) is 11.4 Å². The molecule has 2 nitrogen and oxygen atoms in total. The van der Waals surface area contributed by atoms with Crippen LogP contribution >= 0.6 is 0 Å². The number of hydrogen-bond acceptors (Lipinski definition) is 2. The molecule has 1 rings (SSSR count). The van der Waals surface area contributed by atoms with Crippen LogP contribution in [0.4, 0.5) is 11.4 Å². The molecular weight excluding hydrogens is 172 g/mol. The first kappa shape index (κ1) is 10.9. The highest BCUT2D eigenvalue weighted by atomic mass is 15.2. The molecule has 0 aliphatic rings. The lowest BCUT2D eigenvalue weighted by molar-refractivity contribution is 0.539. The van der Waals surface area contributed by atoms with E-state index in [1.807, 2.05) is 6.07 Å². The predicted octanol–water partition coefficient (Wildman–Crippen LogP) is 2.81. The fraction of sp³-hybridized carbons (Fsp3) is 0.500. The number of hydrogen-bond donors (Lipinski definition) is 1. The first-order valence-corrected chi connectivity index (χ1v) is 4.92. The summed E-state index contributed by atoms with van der Waals surface area (Å²) < 4.78 is 0. The van der Waals surface area contributed by atoms with Crippen molar-refractivity contribution in [3.8, 4) is 0 Å². The summed E-state index contributed by atoms with van der Waals surface area (Å²) in [5, 5.41) is 0. The van der Waals surface area contributed by atoms with Crippen LogP contribution in [0.1, 0.15) is 26.3 Å². The minimum absolute atomic E-state index is 0.101. The van der Waals surface area contributed by atoms with Crippen LogP contribution in [0.15, 0.2) is 18.2 Å². The molecule has 0 aliphatic carbocycles. The summed E-state index contributed by atoms with van der Waals surface area (Å²) in [7, 11) is 2.07. The molecule has 0 aromatic heterocycles. The minimum Gasteiger partial charge on any atom is -0.397 e. The van der Waals surface area contributed by atoms with Crippen molar-refractivity contribution in [3.63, 3.8) is 0 Å². The van der Waals surface area contributed by atoms with Crippen LogP contribution in [0.5, 0.6) is 0 Å². The maximum Gasteiger partial charge on any atom is 0.0601 e. The van der Waals surface area contributed by atoms with E-state index in [0.29, 0.717) is 0 Å². The summed E-state index contributed by atoms with van der Waals surface area (Å²) >= 11 is 0. The highest BCUT2D eigenvalue weighted by molar-refractivity contribution is 5.68. The van der Waals surface area contributed by atoms with Crippen molar-refractivity contribution in [1.82, 2.24) is 0 Å². The van der Waals surface area contributed by atoms with Gasteiger partial charge in [0.2, 0.25) is 0 Å². The molecule has 0 spiro atoms. The second-order valence-electron chi connectivity index (χ2n) is 4.79. The number of aryl methyl sites for hydroxylation is 1. The fourth-order valence-corrected chi connectivity index (χ4v) is 1.34. The van der Waals surface area contributed by atoms with Crippen molar-refractivity contribution in [1.29, 1.82) is 0 Å². The summed E-state index contributed by atoms with van der Waals surface area (Å²) in [5.41, 5.74) is 9.23. The zero-order chi connectivity index (χ0) is 10.9.